The summed E-state index contributed by atoms with van der Waals surface area (Å²) >= 11 is 0. The molecular weight excluding hydrogens is 318 g/mol. The molecule has 0 aliphatic heterocycles. The maximum absolute atomic E-state index is 12.6. The van der Waals surface area contributed by atoms with Crippen LogP contribution in [0.2, 0.25) is 0 Å². The average molecular weight is 337 g/mol. The molecule has 0 atom stereocenters. The number of nitrogens with zero attached hydrogens (tertiary/aromatic N) is 1. The summed E-state index contributed by atoms with van der Waals surface area (Å²) in [5.74, 6) is 1.03. The molecule has 6 nitrogen and oxygen atoms in total. The van der Waals surface area contributed by atoms with Crippen molar-refractivity contribution in [2.75, 3.05) is 14.2 Å². The van der Waals surface area contributed by atoms with Crippen molar-refractivity contribution in [1.29, 1.82) is 0 Å². The summed E-state index contributed by atoms with van der Waals surface area (Å²) in [4.78, 5) is 19.8. The van der Waals surface area contributed by atoms with Crippen molar-refractivity contribution in [3.8, 4) is 22.8 Å². The van der Waals surface area contributed by atoms with Crippen molar-refractivity contribution in [2.24, 2.45) is 0 Å². The van der Waals surface area contributed by atoms with Crippen LogP contribution in [-0.4, -0.2) is 30.1 Å². The summed E-state index contributed by atoms with van der Waals surface area (Å²) in [7, 11) is 3.17. The van der Waals surface area contributed by atoms with Gasteiger partial charge < -0.3 is 19.8 Å². The van der Waals surface area contributed by atoms with Crippen molar-refractivity contribution in [3.05, 3.63) is 66.1 Å². The number of hydrogen-bond acceptors (Lipinski definition) is 4. The molecule has 0 bridgehead atoms. The number of ether oxygens (including phenoxy) is 2. The predicted molar refractivity (Wildman–Crippen MR) is 94.7 cm³/mol. The molecule has 0 aliphatic carbocycles. The number of para-hydroxylation sites is 1. The fraction of sp³-hybridized carbons (Fsp3) is 0.158. The van der Waals surface area contributed by atoms with E-state index in [0.717, 1.165) is 16.7 Å². The minimum absolute atomic E-state index is 0.187. The van der Waals surface area contributed by atoms with Crippen molar-refractivity contribution in [2.45, 2.75) is 6.54 Å². The fourth-order valence-corrected chi connectivity index (χ4v) is 2.65. The second-order valence-corrected chi connectivity index (χ2v) is 5.34. The van der Waals surface area contributed by atoms with Crippen LogP contribution in [-0.2, 0) is 6.54 Å². The molecular formula is C19H19N3O3. The quantitative estimate of drug-likeness (QED) is 0.725. The van der Waals surface area contributed by atoms with Crippen LogP contribution in [0.3, 0.4) is 0 Å². The standard InChI is InChI=1S/C19H19N3O3/c1-24-17-8-4-3-7-14(17)15-11-20-12-16(15)18(23)22-10-13-6-5-9-21-19(13)25-2/h3-9,11-12,20H,10H2,1-2H3,(H,22,23). The number of aromatic nitrogens is 2. The highest BCUT2D eigenvalue weighted by atomic mass is 16.5. The normalized spacial score (nSPS) is 10.3. The van der Waals surface area contributed by atoms with Gasteiger partial charge in [-0.15, -0.1) is 0 Å². The highest BCUT2D eigenvalue weighted by Gasteiger charge is 2.17. The van der Waals surface area contributed by atoms with Crippen molar-refractivity contribution in [1.82, 2.24) is 15.3 Å². The first kappa shape index (κ1) is 16.6. The Morgan fingerprint density at radius 1 is 1.08 bits per heavy atom. The molecule has 6 heteroatoms. The third-order valence-electron chi connectivity index (χ3n) is 3.87. The molecule has 0 spiro atoms. The van der Waals surface area contributed by atoms with Gasteiger partial charge in [-0.2, -0.15) is 0 Å². The molecule has 128 valence electrons. The highest BCUT2D eigenvalue weighted by molar-refractivity contribution is 6.01. The van der Waals surface area contributed by atoms with Crippen molar-refractivity contribution in [3.63, 3.8) is 0 Å². The van der Waals surface area contributed by atoms with E-state index in [1.54, 1.807) is 38.9 Å². The first-order valence-electron chi connectivity index (χ1n) is 7.81. The Kier molecular flexibility index (Phi) is 4.99. The molecule has 2 N–H and O–H groups in total. The van der Waals surface area contributed by atoms with E-state index in [9.17, 15) is 4.79 Å². The number of H-pyrrole nitrogens is 1. The maximum atomic E-state index is 12.6. The molecule has 0 fully saturated rings. The largest absolute Gasteiger partial charge is 0.496 e. The lowest BCUT2D eigenvalue weighted by Gasteiger charge is -2.11. The molecule has 2 heterocycles. The van der Waals surface area contributed by atoms with E-state index < -0.39 is 0 Å². The number of benzene rings is 1. The van der Waals surface area contributed by atoms with Gasteiger partial charge in [-0.25, -0.2) is 4.98 Å². The Morgan fingerprint density at radius 3 is 2.72 bits per heavy atom. The van der Waals surface area contributed by atoms with Gasteiger partial charge in [0.15, 0.2) is 0 Å². The summed E-state index contributed by atoms with van der Waals surface area (Å²) in [6, 6.07) is 11.3. The van der Waals surface area contributed by atoms with Crippen LogP contribution in [0, 0.1) is 0 Å². The SMILES string of the molecule is COc1ccccc1-c1c[nH]cc1C(=O)NCc1cccnc1OC. The van der Waals surface area contributed by atoms with E-state index in [1.807, 2.05) is 30.3 Å². The van der Waals surface area contributed by atoms with Crippen LogP contribution in [0.4, 0.5) is 0 Å². The number of pyridine rings is 1. The fourth-order valence-electron chi connectivity index (χ4n) is 2.65. The van der Waals surface area contributed by atoms with Gasteiger partial charge >= 0.3 is 0 Å². The number of aromatic amines is 1. The summed E-state index contributed by atoms with van der Waals surface area (Å²) in [5, 5.41) is 2.90. The maximum Gasteiger partial charge on any atom is 0.253 e. The van der Waals surface area contributed by atoms with Crippen LogP contribution >= 0.6 is 0 Å². The van der Waals surface area contributed by atoms with Crippen LogP contribution in [0.15, 0.2) is 55.0 Å². The first-order chi connectivity index (χ1) is 12.2. The number of rotatable bonds is 6. The van der Waals surface area contributed by atoms with Crippen molar-refractivity contribution < 1.29 is 14.3 Å². The Hall–Kier alpha value is -3.28. The summed E-state index contributed by atoms with van der Waals surface area (Å²) in [5.41, 5.74) is 3.00. The number of methoxy groups -OCH3 is 2. The van der Waals surface area contributed by atoms with E-state index in [4.69, 9.17) is 9.47 Å². The third-order valence-corrected chi connectivity index (χ3v) is 3.87. The number of nitrogens with one attached hydrogen (secondary N) is 2. The second-order valence-electron chi connectivity index (χ2n) is 5.34. The van der Waals surface area contributed by atoms with Crippen LogP contribution in [0.1, 0.15) is 15.9 Å². The zero-order valence-corrected chi connectivity index (χ0v) is 14.1. The number of carbonyl (C=O) groups is 1. The molecule has 3 rings (SSSR count). The van der Waals surface area contributed by atoms with E-state index in [0.29, 0.717) is 23.7 Å². The summed E-state index contributed by atoms with van der Waals surface area (Å²) in [6.07, 6.45) is 5.12. The van der Waals surface area contributed by atoms with Crippen LogP contribution < -0.4 is 14.8 Å². The zero-order valence-electron chi connectivity index (χ0n) is 14.1. The molecule has 0 saturated carbocycles. The lowest BCUT2D eigenvalue weighted by molar-refractivity contribution is 0.0951. The number of carbonyl (C=O) groups excluding carboxylic acids is 1. The Balaban J connectivity index is 1.81. The van der Waals surface area contributed by atoms with Crippen molar-refractivity contribution >= 4 is 5.91 Å². The van der Waals surface area contributed by atoms with Gasteiger partial charge in [0.1, 0.15) is 5.75 Å². The molecule has 1 aromatic carbocycles. The van der Waals surface area contributed by atoms with Gasteiger partial charge in [0, 0.05) is 41.8 Å². The smallest absolute Gasteiger partial charge is 0.253 e. The summed E-state index contributed by atoms with van der Waals surface area (Å²) < 4.78 is 10.6. The lowest BCUT2D eigenvalue weighted by atomic mass is 10.0. The Bertz CT molecular complexity index is 874. The monoisotopic (exact) mass is 337 g/mol. The Labute approximate surface area is 145 Å². The molecule has 0 radical (unpaired) electrons. The van der Waals surface area contributed by atoms with Gasteiger partial charge in [0.2, 0.25) is 5.88 Å². The van der Waals surface area contributed by atoms with Crippen LogP contribution in [0.5, 0.6) is 11.6 Å². The van der Waals surface area contributed by atoms with Gasteiger partial charge in [-0.1, -0.05) is 24.3 Å². The third kappa shape index (κ3) is 3.47. The molecule has 1 amide bonds. The molecule has 0 saturated heterocycles. The topological polar surface area (TPSA) is 76.2 Å². The van der Waals surface area contributed by atoms with E-state index in [-0.39, 0.29) is 5.91 Å². The van der Waals surface area contributed by atoms with E-state index in [2.05, 4.69) is 15.3 Å². The molecule has 25 heavy (non-hydrogen) atoms. The lowest BCUT2D eigenvalue weighted by Crippen LogP contribution is -2.23. The highest BCUT2D eigenvalue weighted by Crippen LogP contribution is 2.32. The van der Waals surface area contributed by atoms with Gasteiger partial charge in [0.25, 0.3) is 5.91 Å². The van der Waals surface area contributed by atoms with E-state index >= 15 is 0 Å². The first-order valence-corrected chi connectivity index (χ1v) is 7.81. The predicted octanol–water partition coefficient (Wildman–Crippen LogP) is 3.02. The molecule has 3 aromatic rings. The molecule has 0 aliphatic rings. The number of amides is 1. The van der Waals surface area contributed by atoms with Gasteiger partial charge in [-0.05, 0) is 12.1 Å². The molecule has 2 aromatic heterocycles. The Morgan fingerprint density at radius 2 is 1.92 bits per heavy atom. The molecule has 0 unspecified atom stereocenters. The van der Waals surface area contributed by atoms with Gasteiger partial charge in [0.05, 0.1) is 19.8 Å². The summed E-state index contributed by atoms with van der Waals surface area (Å²) in [6.45, 7) is 0.326. The van der Waals surface area contributed by atoms with Crippen LogP contribution in [0.25, 0.3) is 11.1 Å². The number of hydrogen-bond donors (Lipinski definition) is 2. The zero-order chi connectivity index (χ0) is 17.6. The average Bonchev–Trinajstić information content (AvgIpc) is 3.16. The minimum atomic E-state index is -0.187. The van der Waals surface area contributed by atoms with Gasteiger partial charge in [-0.3, -0.25) is 4.79 Å². The van der Waals surface area contributed by atoms with E-state index in [1.165, 1.54) is 0 Å². The minimum Gasteiger partial charge on any atom is -0.496 e. The second kappa shape index (κ2) is 7.53.